The molecule has 2 N–H and O–H groups in total. The Balaban J connectivity index is 0.000000553. The van der Waals surface area contributed by atoms with Crippen LogP contribution in [-0.2, 0) is 0 Å². The van der Waals surface area contributed by atoms with Crippen LogP contribution in [-0.4, -0.2) is 47.8 Å². The van der Waals surface area contributed by atoms with Crippen LogP contribution in [0.3, 0.4) is 0 Å². The van der Waals surface area contributed by atoms with Crippen LogP contribution in [0, 0.1) is 6.92 Å². The number of nitrogens with one attached hydrogen (secondary N) is 2. The first-order valence-corrected chi connectivity index (χ1v) is 14.3. The van der Waals surface area contributed by atoms with E-state index in [9.17, 15) is 0 Å². The van der Waals surface area contributed by atoms with E-state index < -0.39 is 0 Å². The number of nitrogens with zero attached hydrogens (tertiary/aromatic N) is 4. The molecule has 5 aromatic rings. The number of thiol groups is 1. The molecule has 0 radical (unpaired) electrons. The topological polar surface area (TPSA) is 57.5 Å². The maximum Gasteiger partial charge on any atom is 0.162 e. The maximum atomic E-state index is 4.82. The molecule has 6 nitrogen and oxygen atoms in total. The molecule has 1 aliphatic rings. The normalized spacial score (nSPS) is 12.5. The molecule has 1 saturated heterocycles. The van der Waals surface area contributed by atoms with E-state index >= 15 is 0 Å². The molecular formula is C32H42N6S. The summed E-state index contributed by atoms with van der Waals surface area (Å²) in [7, 11) is 1.74. The average molecular weight is 543 g/mol. The highest BCUT2D eigenvalue weighted by atomic mass is 32.1. The molecule has 39 heavy (non-hydrogen) atoms. The molecule has 6 rings (SSSR count). The Morgan fingerprint density at radius 3 is 2.10 bits per heavy atom. The summed E-state index contributed by atoms with van der Waals surface area (Å²) in [6.45, 7) is 14.3. The van der Waals surface area contributed by atoms with Crippen LogP contribution in [0.4, 0.5) is 5.69 Å². The van der Waals surface area contributed by atoms with Gasteiger partial charge < -0.3 is 10.2 Å². The molecule has 1 aliphatic heterocycles. The maximum absolute atomic E-state index is 4.82. The fraction of sp³-hybridized carbons (Fsp3) is 0.312. The Labute approximate surface area is 239 Å². The number of anilines is 1. The molecule has 0 amide bonds. The van der Waals surface area contributed by atoms with Crippen molar-refractivity contribution < 1.29 is 0 Å². The molecule has 206 valence electrons. The lowest BCUT2D eigenvalue weighted by Gasteiger charge is -2.29. The summed E-state index contributed by atoms with van der Waals surface area (Å²) in [4.78, 5) is 7.24. The predicted octanol–water partition coefficient (Wildman–Crippen LogP) is 7.04. The van der Waals surface area contributed by atoms with Gasteiger partial charge in [0.2, 0.25) is 0 Å². The Morgan fingerprint density at radius 1 is 0.795 bits per heavy atom. The molecule has 1 fully saturated rings. The summed E-state index contributed by atoms with van der Waals surface area (Å²) in [6.07, 6.45) is 5.95. The van der Waals surface area contributed by atoms with Gasteiger partial charge in [-0.2, -0.15) is 5.10 Å². The van der Waals surface area contributed by atoms with Crippen molar-refractivity contribution in [3.05, 3.63) is 84.8 Å². The summed E-state index contributed by atoms with van der Waals surface area (Å²) in [5.74, 6) is 0. The number of hydrogen-bond acceptors (Lipinski definition) is 6. The van der Waals surface area contributed by atoms with Gasteiger partial charge in [-0.15, -0.1) is 0 Å². The zero-order valence-electron chi connectivity index (χ0n) is 24.1. The second kappa shape index (κ2) is 15.3. The van der Waals surface area contributed by atoms with E-state index in [1.165, 1.54) is 27.6 Å². The van der Waals surface area contributed by atoms with Crippen molar-refractivity contribution in [1.82, 2.24) is 24.6 Å². The minimum Gasteiger partial charge on any atom is -0.369 e. The van der Waals surface area contributed by atoms with Crippen molar-refractivity contribution in [3.8, 4) is 22.3 Å². The Kier molecular flexibility index (Phi) is 11.8. The molecule has 0 spiro atoms. The van der Waals surface area contributed by atoms with Gasteiger partial charge in [-0.25, -0.2) is 9.50 Å². The number of fused-ring (bicyclic) bond motifs is 2. The van der Waals surface area contributed by atoms with Gasteiger partial charge >= 0.3 is 0 Å². The van der Waals surface area contributed by atoms with Gasteiger partial charge in [0.15, 0.2) is 5.65 Å². The van der Waals surface area contributed by atoms with Crippen LogP contribution in [0.5, 0.6) is 0 Å². The third-order valence-corrected chi connectivity index (χ3v) is 6.47. The zero-order valence-corrected chi connectivity index (χ0v) is 25.0. The smallest absolute Gasteiger partial charge is 0.162 e. The van der Waals surface area contributed by atoms with E-state index in [0.717, 1.165) is 48.5 Å². The molecule has 0 aliphatic carbocycles. The fourth-order valence-electron chi connectivity index (χ4n) is 4.69. The molecule has 2 aromatic heterocycles. The van der Waals surface area contributed by atoms with Gasteiger partial charge in [0.05, 0.1) is 6.20 Å². The number of piperazine rings is 1. The van der Waals surface area contributed by atoms with E-state index in [0.29, 0.717) is 0 Å². The molecule has 0 saturated carbocycles. The van der Waals surface area contributed by atoms with Gasteiger partial charge in [0.1, 0.15) is 0 Å². The number of hydrogen-bond donors (Lipinski definition) is 3. The third-order valence-electron chi connectivity index (χ3n) is 6.47. The van der Waals surface area contributed by atoms with E-state index in [-0.39, 0.29) is 0 Å². The van der Waals surface area contributed by atoms with Crippen molar-refractivity contribution >= 4 is 34.9 Å². The first-order chi connectivity index (χ1) is 19.2. The van der Waals surface area contributed by atoms with Crippen LogP contribution in [0.1, 0.15) is 33.3 Å². The highest BCUT2D eigenvalue weighted by molar-refractivity contribution is 7.78. The van der Waals surface area contributed by atoms with Gasteiger partial charge in [-0.1, -0.05) is 89.0 Å². The summed E-state index contributed by atoms with van der Waals surface area (Å²) in [6, 6.07) is 21.7. The molecule has 0 unspecified atom stereocenters. The lowest BCUT2D eigenvalue weighted by molar-refractivity contribution is 0.589. The van der Waals surface area contributed by atoms with Gasteiger partial charge in [0, 0.05) is 55.4 Å². The van der Waals surface area contributed by atoms with Crippen molar-refractivity contribution in [2.24, 2.45) is 0 Å². The first kappa shape index (κ1) is 30.2. The van der Waals surface area contributed by atoms with Crippen LogP contribution in [0.25, 0.3) is 38.7 Å². The van der Waals surface area contributed by atoms with Crippen molar-refractivity contribution in [2.75, 3.05) is 38.1 Å². The van der Waals surface area contributed by atoms with Crippen LogP contribution < -0.4 is 14.9 Å². The summed E-state index contributed by atoms with van der Waals surface area (Å²) in [5, 5.41) is 10.5. The summed E-state index contributed by atoms with van der Waals surface area (Å²) in [5.41, 5.74) is 7.87. The van der Waals surface area contributed by atoms with Gasteiger partial charge in [0.25, 0.3) is 0 Å². The molecular weight excluding hydrogens is 500 g/mol. The largest absolute Gasteiger partial charge is 0.369 e. The van der Waals surface area contributed by atoms with E-state index in [1.807, 2.05) is 44.6 Å². The monoisotopic (exact) mass is 542 g/mol. The standard InChI is InChI=1S/C27H25N5.2C2H6.CH5NS/c1-19-6-11-25(24-5-3-2-4-23(19)24)26-17-30-32-18-21(16-29-27(26)32)20-7-9-22(10-8-20)31-14-12-28-13-15-31;2*1-2;1-2-3/h2-11,16-18,28H,12-15H2,1H3;2*1-2H3;2-3H,1H3. The number of aryl methyl sites for hydroxylation is 1. The molecule has 7 heteroatoms. The minimum atomic E-state index is 0.875. The number of rotatable bonds is 3. The van der Waals surface area contributed by atoms with Crippen LogP contribution in [0.15, 0.2) is 79.3 Å². The van der Waals surface area contributed by atoms with E-state index in [4.69, 9.17) is 4.98 Å². The number of aromatic nitrogens is 3. The Hall–Kier alpha value is -3.39. The zero-order chi connectivity index (χ0) is 28.2. The summed E-state index contributed by atoms with van der Waals surface area (Å²) >= 11 is 3.54. The Morgan fingerprint density at radius 2 is 1.44 bits per heavy atom. The average Bonchev–Trinajstić information content (AvgIpc) is 3.44. The molecule has 3 aromatic carbocycles. The van der Waals surface area contributed by atoms with Crippen LogP contribution in [0.2, 0.25) is 0 Å². The second-order valence-electron chi connectivity index (χ2n) is 8.65. The van der Waals surface area contributed by atoms with Gasteiger partial charge in [-0.05, 0) is 53.6 Å². The quantitative estimate of drug-likeness (QED) is 0.214. The number of benzene rings is 3. The Bertz CT molecular complexity index is 1440. The summed E-state index contributed by atoms with van der Waals surface area (Å²) < 4.78 is 4.34. The lowest BCUT2D eigenvalue weighted by atomic mass is 9.97. The highest BCUT2D eigenvalue weighted by Gasteiger charge is 2.14. The second-order valence-corrected chi connectivity index (χ2v) is 9.10. The predicted molar refractivity (Wildman–Crippen MR) is 172 cm³/mol. The van der Waals surface area contributed by atoms with Gasteiger partial charge in [-0.3, -0.25) is 4.72 Å². The molecule has 0 atom stereocenters. The SMILES string of the molecule is CC.CC.CNS.Cc1ccc(-c2cnn3cc(-c4ccc(N5CCNCC5)cc4)cnc23)c2ccccc12. The van der Waals surface area contributed by atoms with Crippen molar-refractivity contribution in [3.63, 3.8) is 0 Å². The highest BCUT2D eigenvalue weighted by Crippen LogP contribution is 2.33. The van der Waals surface area contributed by atoms with Crippen LogP contribution >= 0.6 is 12.8 Å². The fourth-order valence-corrected chi connectivity index (χ4v) is 4.69. The molecule has 0 bridgehead atoms. The minimum absolute atomic E-state index is 0.875. The van der Waals surface area contributed by atoms with E-state index in [1.54, 1.807) is 7.05 Å². The first-order valence-electron chi connectivity index (χ1n) is 13.9. The van der Waals surface area contributed by atoms with Crippen molar-refractivity contribution in [2.45, 2.75) is 34.6 Å². The van der Waals surface area contributed by atoms with Crippen molar-refractivity contribution in [1.29, 1.82) is 0 Å². The molecule has 3 heterocycles. The lowest BCUT2D eigenvalue weighted by Crippen LogP contribution is -2.43. The third kappa shape index (κ3) is 6.98. The van der Waals surface area contributed by atoms with E-state index in [2.05, 4.69) is 107 Å².